The summed E-state index contributed by atoms with van der Waals surface area (Å²) in [5.41, 5.74) is -3.57. The molecule has 0 amide bonds. The van der Waals surface area contributed by atoms with E-state index in [0.717, 1.165) is 16.8 Å². The van der Waals surface area contributed by atoms with Gasteiger partial charge >= 0.3 is 13.5 Å². The molecule has 0 bridgehead atoms. The molecule has 1 aromatic heterocycles. The monoisotopic (exact) mass is 372 g/mol. The number of hydrogen-bond acceptors (Lipinski definition) is 8. The van der Waals surface area contributed by atoms with Crippen molar-refractivity contribution in [3.63, 3.8) is 0 Å². The molecule has 3 rings (SSSR count). The number of H-pyrrole nitrogens is 1. The molecular weight excluding hydrogens is 355 g/mol. The van der Waals surface area contributed by atoms with Gasteiger partial charge in [-0.3, -0.25) is 27.9 Å². The second-order valence-corrected chi connectivity index (χ2v) is 7.51. The number of rotatable bonds is 3. The van der Waals surface area contributed by atoms with Crippen molar-refractivity contribution in [3.8, 4) is 12.3 Å². The first-order chi connectivity index (χ1) is 11.7. The number of fused-ring (bicyclic) bond motifs is 1. The van der Waals surface area contributed by atoms with Crippen LogP contribution in [0.4, 0.5) is 0 Å². The van der Waals surface area contributed by atoms with Gasteiger partial charge in [0.1, 0.15) is 12.2 Å². The van der Waals surface area contributed by atoms with Gasteiger partial charge in [-0.15, -0.1) is 6.42 Å². The zero-order valence-corrected chi connectivity index (χ0v) is 14.3. The molecule has 0 spiro atoms. The Labute approximate surface area is 142 Å². The molecule has 2 aliphatic rings. The third kappa shape index (κ3) is 3.11. The molecule has 3 heterocycles. The Morgan fingerprint density at radius 1 is 1.56 bits per heavy atom. The van der Waals surface area contributed by atoms with Gasteiger partial charge in [0, 0.05) is 12.3 Å². The lowest BCUT2D eigenvalue weighted by molar-refractivity contribution is -0.0753. The third-order valence-electron chi connectivity index (χ3n) is 3.77. The summed E-state index contributed by atoms with van der Waals surface area (Å²) in [6.07, 6.45) is 2.63. The van der Waals surface area contributed by atoms with E-state index >= 15 is 0 Å². The Balaban J connectivity index is 1.98. The first-order valence-electron chi connectivity index (χ1n) is 7.47. The van der Waals surface area contributed by atoms with Gasteiger partial charge in [0.05, 0.1) is 12.7 Å². The van der Waals surface area contributed by atoms with E-state index in [2.05, 4.69) is 5.92 Å². The van der Waals surface area contributed by atoms with Crippen molar-refractivity contribution in [3.05, 3.63) is 33.1 Å². The fraction of sp³-hybridized carbons (Fsp3) is 0.571. The minimum Gasteiger partial charge on any atom is -0.371 e. The molecule has 5 atom stereocenters. The van der Waals surface area contributed by atoms with Gasteiger partial charge in [-0.1, -0.05) is 5.92 Å². The summed E-state index contributed by atoms with van der Waals surface area (Å²) in [6, 6.07) is 1.08. The van der Waals surface area contributed by atoms with Crippen LogP contribution in [-0.2, 0) is 22.9 Å². The molecule has 2 saturated heterocycles. The van der Waals surface area contributed by atoms with Crippen LogP contribution in [0.5, 0.6) is 0 Å². The van der Waals surface area contributed by atoms with Crippen LogP contribution in [0.1, 0.15) is 20.1 Å². The number of nitrogens with zero attached hydrogens (tertiary/aromatic N) is 1. The van der Waals surface area contributed by atoms with Crippen LogP contribution in [0.25, 0.3) is 0 Å². The van der Waals surface area contributed by atoms with E-state index in [1.807, 2.05) is 4.98 Å². The lowest BCUT2D eigenvalue weighted by Gasteiger charge is -2.34. The van der Waals surface area contributed by atoms with Gasteiger partial charge in [0.25, 0.3) is 5.56 Å². The number of phosphoric ester groups is 1. The summed E-state index contributed by atoms with van der Waals surface area (Å²) < 4.78 is 34.7. The Bertz CT molecular complexity index is 871. The average Bonchev–Trinajstić information content (AvgIpc) is 2.79. The number of aromatic nitrogens is 2. The lowest BCUT2D eigenvalue weighted by Crippen LogP contribution is -2.50. The molecule has 0 aliphatic carbocycles. The Morgan fingerprint density at radius 2 is 2.28 bits per heavy atom. The number of aromatic amines is 1. The molecule has 11 heteroatoms. The van der Waals surface area contributed by atoms with Gasteiger partial charge in [-0.05, 0) is 13.8 Å². The summed E-state index contributed by atoms with van der Waals surface area (Å²) in [5.74, 6) is 2.14. The smallest absolute Gasteiger partial charge is 0.371 e. The molecule has 10 nitrogen and oxygen atoms in total. The highest BCUT2D eigenvalue weighted by Gasteiger charge is 2.62. The minimum absolute atomic E-state index is 0.215. The van der Waals surface area contributed by atoms with E-state index in [9.17, 15) is 19.3 Å². The highest BCUT2D eigenvalue weighted by Crippen LogP contribution is 2.59. The Morgan fingerprint density at radius 3 is 2.88 bits per heavy atom. The van der Waals surface area contributed by atoms with Crippen LogP contribution in [0.15, 0.2) is 21.9 Å². The van der Waals surface area contributed by atoms with Gasteiger partial charge in [0.15, 0.2) is 11.8 Å². The predicted molar refractivity (Wildman–Crippen MR) is 83.7 cm³/mol. The van der Waals surface area contributed by atoms with Crippen molar-refractivity contribution in [2.45, 2.75) is 44.0 Å². The third-order valence-corrected chi connectivity index (χ3v) is 5.40. The molecule has 1 unspecified atom stereocenters. The SMILES string of the molecule is C#C[C@@]1(O)[C@@H]2OP(=O)(OC(C)C)OC[C@H]2O[C@@H]1n1ccc(=O)[nH]c1=O. The topological polar surface area (TPSA) is 129 Å². The van der Waals surface area contributed by atoms with Gasteiger partial charge < -0.3 is 9.84 Å². The molecule has 0 saturated carbocycles. The quantitative estimate of drug-likeness (QED) is 0.549. The zero-order valence-electron chi connectivity index (χ0n) is 13.4. The Hall–Kier alpha value is -1.73. The number of ether oxygens (including phenoxy) is 1. The van der Waals surface area contributed by atoms with E-state index < -0.39 is 49.2 Å². The number of hydrogen-bond donors (Lipinski definition) is 2. The first-order valence-corrected chi connectivity index (χ1v) is 8.93. The summed E-state index contributed by atoms with van der Waals surface area (Å²) in [7, 11) is -3.95. The highest BCUT2D eigenvalue weighted by molar-refractivity contribution is 7.48. The van der Waals surface area contributed by atoms with Gasteiger partial charge in [0.2, 0.25) is 0 Å². The fourth-order valence-electron chi connectivity index (χ4n) is 2.73. The summed E-state index contributed by atoms with van der Waals surface area (Å²) >= 11 is 0. The van der Waals surface area contributed by atoms with Crippen molar-refractivity contribution >= 4 is 7.82 Å². The van der Waals surface area contributed by atoms with Crippen LogP contribution in [0.2, 0.25) is 0 Å². The standard InChI is InChI=1S/C14H17N2O8P/c1-4-14(19)11-9(7-21-25(20,24-11)23-8(2)3)22-12(14)16-6-5-10(17)15-13(16)18/h1,5-6,8-9,11-12,19H,7H2,2-3H3,(H,15,17,18)/t9-,11-,12+,14-,25?/m1/s1. The lowest BCUT2D eigenvalue weighted by atomic mass is 9.95. The number of terminal acetylenes is 1. The van der Waals surface area contributed by atoms with Crippen molar-refractivity contribution in [2.24, 2.45) is 0 Å². The number of nitrogens with one attached hydrogen (secondary N) is 1. The fourth-order valence-corrected chi connectivity index (χ4v) is 4.32. The maximum Gasteiger partial charge on any atom is 0.475 e. The highest BCUT2D eigenvalue weighted by atomic mass is 31.2. The van der Waals surface area contributed by atoms with Crippen LogP contribution in [0, 0.1) is 12.3 Å². The number of phosphoric acid groups is 1. The second kappa shape index (κ2) is 6.21. The molecular formula is C14H17N2O8P. The maximum absolute atomic E-state index is 12.5. The van der Waals surface area contributed by atoms with Crippen LogP contribution < -0.4 is 11.2 Å². The van der Waals surface area contributed by atoms with Crippen LogP contribution in [-0.4, -0.2) is 45.2 Å². The van der Waals surface area contributed by atoms with Crippen LogP contribution in [0.3, 0.4) is 0 Å². The Kier molecular flexibility index (Phi) is 4.49. The van der Waals surface area contributed by atoms with Gasteiger partial charge in [-0.25, -0.2) is 9.36 Å². The first kappa shape index (κ1) is 18.1. The predicted octanol–water partition coefficient (Wildman–Crippen LogP) is -0.253. The van der Waals surface area contributed by atoms with E-state index in [0.29, 0.717) is 0 Å². The summed E-state index contributed by atoms with van der Waals surface area (Å²) in [6.45, 7) is 3.06. The molecule has 0 radical (unpaired) electrons. The largest absolute Gasteiger partial charge is 0.475 e. The molecule has 25 heavy (non-hydrogen) atoms. The van der Waals surface area contributed by atoms with E-state index in [1.165, 1.54) is 0 Å². The van der Waals surface area contributed by atoms with Crippen molar-refractivity contribution in [1.29, 1.82) is 0 Å². The second-order valence-electron chi connectivity index (χ2n) is 5.94. The van der Waals surface area contributed by atoms with E-state index in [-0.39, 0.29) is 6.61 Å². The van der Waals surface area contributed by atoms with Crippen molar-refractivity contribution in [2.75, 3.05) is 6.61 Å². The normalized spacial score (nSPS) is 37.6. The molecule has 2 N–H and O–H groups in total. The number of aliphatic hydroxyl groups is 1. The minimum atomic E-state index is -3.95. The summed E-state index contributed by atoms with van der Waals surface area (Å²) in [4.78, 5) is 25.3. The molecule has 2 fully saturated rings. The maximum atomic E-state index is 12.5. The van der Waals surface area contributed by atoms with Gasteiger partial charge in [-0.2, -0.15) is 0 Å². The average molecular weight is 372 g/mol. The molecule has 2 aliphatic heterocycles. The van der Waals surface area contributed by atoms with E-state index in [4.69, 9.17) is 24.7 Å². The molecule has 0 aromatic carbocycles. The molecule has 136 valence electrons. The van der Waals surface area contributed by atoms with Crippen molar-refractivity contribution in [1.82, 2.24) is 9.55 Å². The van der Waals surface area contributed by atoms with E-state index in [1.54, 1.807) is 13.8 Å². The zero-order chi connectivity index (χ0) is 18.4. The van der Waals surface area contributed by atoms with Crippen LogP contribution >= 0.6 is 7.82 Å². The summed E-state index contributed by atoms with van der Waals surface area (Å²) in [5, 5.41) is 10.9. The van der Waals surface area contributed by atoms with Crippen molar-refractivity contribution < 1.29 is 28.0 Å². The molecule has 1 aromatic rings.